The topological polar surface area (TPSA) is 85.1 Å². The van der Waals surface area contributed by atoms with Crippen LogP contribution in [0.2, 0.25) is 0 Å². The van der Waals surface area contributed by atoms with Crippen LogP contribution in [0.4, 0.5) is 26.4 Å². The Labute approximate surface area is 178 Å². The predicted molar refractivity (Wildman–Crippen MR) is 115 cm³/mol. The number of hydrogen-bond donors (Lipinski definition) is 1. The van der Waals surface area contributed by atoms with Crippen molar-refractivity contribution in [3.8, 4) is 17.3 Å². The smallest absolute Gasteiger partial charge is 0.327 e. The summed E-state index contributed by atoms with van der Waals surface area (Å²) in [5.74, 6) is 0.0520. The minimum Gasteiger partial charge on any atom is -0.366 e. The summed E-state index contributed by atoms with van der Waals surface area (Å²) in [7, 11) is 0. The number of nitrogens with one attached hydrogen (secondary N) is 1. The van der Waals surface area contributed by atoms with E-state index in [0.29, 0.717) is 22.8 Å². The number of halogens is 1. The first-order valence-electron chi connectivity index (χ1n) is 10.1. The highest BCUT2D eigenvalue weighted by Crippen LogP contribution is 2.39. The first-order valence-corrected chi connectivity index (χ1v) is 10.1. The van der Waals surface area contributed by atoms with Gasteiger partial charge in [0.2, 0.25) is 0 Å². The number of nitrogens with zero attached hydrogens (tertiary/aromatic N) is 5. The number of hydrogen-bond acceptors (Lipinski definition) is 5. The van der Waals surface area contributed by atoms with E-state index in [9.17, 15) is 14.4 Å². The Bertz CT molecular complexity index is 1210. The molecule has 5 rings (SSSR count). The Morgan fingerprint density at radius 2 is 2.13 bits per heavy atom. The van der Waals surface area contributed by atoms with E-state index in [1.54, 1.807) is 17.0 Å². The van der Waals surface area contributed by atoms with Gasteiger partial charge in [0.05, 0.1) is 47.1 Å². The molecule has 0 radical (unpaired) electrons. The van der Waals surface area contributed by atoms with Crippen LogP contribution in [-0.2, 0) is 0 Å². The van der Waals surface area contributed by atoms with E-state index in [4.69, 9.17) is 4.98 Å². The number of nitriles is 1. The van der Waals surface area contributed by atoms with Crippen LogP contribution in [0.25, 0.3) is 11.3 Å². The molecule has 1 saturated heterocycles. The first kappa shape index (κ1) is 19.0. The average Bonchev–Trinajstić information content (AvgIpc) is 2.79. The number of anilines is 3. The number of rotatable bonds is 2. The largest absolute Gasteiger partial charge is 0.366 e. The number of pyridine rings is 2. The number of benzene rings is 1. The molecule has 4 heterocycles. The van der Waals surface area contributed by atoms with Crippen LogP contribution in [0.5, 0.6) is 0 Å². The minimum atomic E-state index is -0.515. The van der Waals surface area contributed by atoms with E-state index in [2.05, 4.69) is 21.3 Å². The maximum absolute atomic E-state index is 13.5. The summed E-state index contributed by atoms with van der Waals surface area (Å²) in [4.78, 5) is 25.8. The molecule has 1 N–H and O–H groups in total. The Morgan fingerprint density at radius 1 is 1.23 bits per heavy atom. The van der Waals surface area contributed by atoms with Crippen LogP contribution >= 0.6 is 0 Å². The lowest BCUT2D eigenvalue weighted by molar-refractivity contribution is 0.252. The van der Waals surface area contributed by atoms with E-state index in [0.717, 1.165) is 43.4 Å². The summed E-state index contributed by atoms with van der Waals surface area (Å²) in [6, 6.07) is 14.1. The molecule has 8 heteroatoms. The number of piperidine rings is 1. The van der Waals surface area contributed by atoms with Gasteiger partial charge in [-0.1, -0.05) is 12.1 Å². The molecule has 0 aliphatic carbocycles. The number of carbonyl (C=O) groups is 1. The zero-order chi connectivity index (χ0) is 21.4. The molecule has 31 heavy (non-hydrogen) atoms. The van der Waals surface area contributed by atoms with E-state index in [1.807, 2.05) is 24.3 Å². The Balaban J connectivity index is 1.55. The summed E-state index contributed by atoms with van der Waals surface area (Å²) in [6.45, 7) is 1.64. The number of carbonyl (C=O) groups excluding carboxylic acids is 1. The minimum absolute atomic E-state index is 0.0315. The highest BCUT2D eigenvalue weighted by molar-refractivity contribution is 6.04. The lowest BCUT2D eigenvalue weighted by Crippen LogP contribution is -2.56. The van der Waals surface area contributed by atoms with Gasteiger partial charge in [0, 0.05) is 24.7 Å². The van der Waals surface area contributed by atoms with Crippen molar-refractivity contribution in [1.29, 1.82) is 5.26 Å². The number of fused-ring (bicyclic) bond motifs is 4. The van der Waals surface area contributed by atoms with Crippen molar-refractivity contribution in [3.63, 3.8) is 0 Å². The Kier molecular flexibility index (Phi) is 4.71. The molecule has 1 unspecified atom stereocenters. The third kappa shape index (κ3) is 3.55. The molecule has 0 saturated carbocycles. The molecule has 1 aromatic carbocycles. The van der Waals surface area contributed by atoms with E-state index in [-0.39, 0.29) is 12.1 Å². The summed E-state index contributed by atoms with van der Waals surface area (Å²) in [6.07, 6.45) is 4.34. The Hall–Kier alpha value is -3.99. The third-order valence-electron chi connectivity index (χ3n) is 5.65. The van der Waals surface area contributed by atoms with Gasteiger partial charge in [0.25, 0.3) is 0 Å². The van der Waals surface area contributed by atoms with Crippen LogP contribution in [0, 0.1) is 17.1 Å². The van der Waals surface area contributed by atoms with Crippen molar-refractivity contribution in [2.24, 2.45) is 0 Å². The predicted octanol–water partition coefficient (Wildman–Crippen LogP) is 4.18. The summed E-state index contributed by atoms with van der Waals surface area (Å²) in [5.41, 5.74) is 3.22. The molecule has 2 bridgehead atoms. The summed E-state index contributed by atoms with van der Waals surface area (Å²) >= 11 is 0. The van der Waals surface area contributed by atoms with Crippen LogP contribution in [0.15, 0.2) is 54.9 Å². The second-order valence-electron chi connectivity index (χ2n) is 7.67. The van der Waals surface area contributed by atoms with Crippen molar-refractivity contribution >= 4 is 23.2 Å². The van der Waals surface area contributed by atoms with E-state index < -0.39 is 5.82 Å². The SMILES string of the molecule is N#Cc1cccc(-c2ccc3c(n2)N(C(=O)Nc2cncc(F)c2)C2CCCN3C2)c1. The van der Waals surface area contributed by atoms with E-state index in [1.165, 1.54) is 12.3 Å². The van der Waals surface area contributed by atoms with Gasteiger partial charge in [0.1, 0.15) is 5.82 Å². The molecular formula is C23H19FN6O. The molecule has 2 aromatic heterocycles. The van der Waals surface area contributed by atoms with Gasteiger partial charge in [-0.05, 0) is 37.1 Å². The van der Waals surface area contributed by atoms with Gasteiger partial charge in [-0.25, -0.2) is 14.2 Å². The lowest BCUT2D eigenvalue weighted by atomic mass is 9.99. The van der Waals surface area contributed by atoms with Gasteiger partial charge in [-0.15, -0.1) is 0 Å². The molecule has 1 fully saturated rings. The van der Waals surface area contributed by atoms with Gasteiger partial charge in [-0.2, -0.15) is 5.26 Å². The second kappa shape index (κ2) is 7.69. The monoisotopic (exact) mass is 414 g/mol. The van der Waals surface area contributed by atoms with Gasteiger partial charge >= 0.3 is 6.03 Å². The van der Waals surface area contributed by atoms with Crippen molar-refractivity contribution in [2.45, 2.75) is 18.9 Å². The van der Waals surface area contributed by atoms with Crippen LogP contribution in [-0.4, -0.2) is 35.1 Å². The fourth-order valence-corrected chi connectivity index (χ4v) is 4.26. The molecular weight excluding hydrogens is 395 g/mol. The maximum atomic E-state index is 13.5. The third-order valence-corrected chi connectivity index (χ3v) is 5.65. The van der Waals surface area contributed by atoms with Crippen LogP contribution in [0.1, 0.15) is 18.4 Å². The normalized spacial score (nSPS) is 17.0. The molecule has 2 aliphatic heterocycles. The molecule has 1 atom stereocenters. The summed E-state index contributed by atoms with van der Waals surface area (Å²) < 4.78 is 13.5. The second-order valence-corrected chi connectivity index (χ2v) is 7.67. The highest BCUT2D eigenvalue weighted by atomic mass is 19.1. The van der Waals surface area contributed by atoms with Gasteiger partial charge < -0.3 is 10.2 Å². The quantitative estimate of drug-likeness (QED) is 0.680. The first-order chi connectivity index (χ1) is 15.1. The lowest BCUT2D eigenvalue weighted by Gasteiger charge is -2.45. The molecule has 2 amide bonds. The standard InChI is InChI=1S/C23H19FN6O/c24-17-10-18(13-26-12-17)27-23(31)30-19-5-2-8-29(14-19)21-7-6-20(28-22(21)30)16-4-1-3-15(9-16)11-25/h1,3-4,6-7,9-10,12-13,19H,2,5,8,14H2,(H,27,31). The molecule has 2 aliphatic rings. The highest BCUT2D eigenvalue weighted by Gasteiger charge is 2.38. The molecule has 154 valence electrons. The van der Waals surface area contributed by atoms with E-state index >= 15 is 0 Å². The average molecular weight is 414 g/mol. The van der Waals surface area contributed by atoms with Crippen LogP contribution < -0.4 is 15.1 Å². The van der Waals surface area contributed by atoms with Crippen molar-refractivity contribution in [1.82, 2.24) is 9.97 Å². The van der Waals surface area contributed by atoms with Gasteiger partial charge in [-0.3, -0.25) is 9.88 Å². The van der Waals surface area contributed by atoms with Gasteiger partial charge in [0.15, 0.2) is 5.82 Å². The van der Waals surface area contributed by atoms with Crippen molar-refractivity contribution in [3.05, 3.63) is 66.2 Å². The fraction of sp³-hybridized carbons (Fsp3) is 0.217. The summed E-state index contributed by atoms with van der Waals surface area (Å²) in [5, 5.41) is 12.0. The number of aromatic nitrogens is 2. The zero-order valence-electron chi connectivity index (χ0n) is 16.6. The maximum Gasteiger partial charge on any atom is 0.327 e. The molecule has 3 aromatic rings. The van der Waals surface area contributed by atoms with Crippen LogP contribution in [0.3, 0.4) is 0 Å². The number of urea groups is 1. The number of amides is 2. The fourth-order valence-electron chi connectivity index (χ4n) is 4.26. The zero-order valence-corrected chi connectivity index (χ0v) is 16.6. The molecule has 0 spiro atoms. The Morgan fingerprint density at radius 3 is 2.97 bits per heavy atom. The van der Waals surface area contributed by atoms with Crippen molar-refractivity contribution in [2.75, 3.05) is 28.2 Å². The van der Waals surface area contributed by atoms with Crippen molar-refractivity contribution < 1.29 is 9.18 Å². The molecule has 7 nitrogen and oxygen atoms in total.